The van der Waals surface area contributed by atoms with Crippen molar-refractivity contribution < 1.29 is 9.53 Å². The van der Waals surface area contributed by atoms with Crippen molar-refractivity contribution in [1.29, 1.82) is 0 Å². The van der Waals surface area contributed by atoms with E-state index in [1.165, 1.54) is 0 Å². The summed E-state index contributed by atoms with van der Waals surface area (Å²) in [6.45, 7) is 12.5. The van der Waals surface area contributed by atoms with Crippen LogP contribution >= 0.6 is 0 Å². The van der Waals surface area contributed by atoms with Gasteiger partial charge in [0.15, 0.2) is 0 Å². The SMILES string of the molecule is Cc1nn(C(C)C)c(C)c1NC(=O)Nc1cccc(COC(C)C)c1. The molecule has 0 bridgehead atoms. The molecule has 2 N–H and O–H groups in total. The van der Waals surface area contributed by atoms with Crippen LogP contribution in [0.3, 0.4) is 0 Å². The van der Waals surface area contributed by atoms with Gasteiger partial charge in [-0.3, -0.25) is 4.68 Å². The Labute approximate surface area is 149 Å². The van der Waals surface area contributed by atoms with E-state index in [1.807, 2.05) is 56.6 Å². The summed E-state index contributed by atoms with van der Waals surface area (Å²) < 4.78 is 7.51. The number of aryl methyl sites for hydroxylation is 1. The lowest BCUT2D eigenvalue weighted by Crippen LogP contribution is -2.20. The van der Waals surface area contributed by atoms with E-state index in [0.29, 0.717) is 6.61 Å². The van der Waals surface area contributed by atoms with Gasteiger partial charge in [0.2, 0.25) is 0 Å². The number of carbonyl (C=O) groups excluding carboxylic acids is 1. The second-order valence-corrected chi connectivity index (χ2v) is 6.72. The maximum Gasteiger partial charge on any atom is 0.323 e. The molecule has 0 aliphatic carbocycles. The molecule has 1 aromatic carbocycles. The minimum atomic E-state index is -0.281. The van der Waals surface area contributed by atoms with Crippen LogP contribution in [0.15, 0.2) is 24.3 Å². The normalized spacial score (nSPS) is 11.2. The first-order chi connectivity index (χ1) is 11.8. The molecule has 25 heavy (non-hydrogen) atoms. The molecule has 0 atom stereocenters. The van der Waals surface area contributed by atoms with Crippen molar-refractivity contribution in [3.8, 4) is 0 Å². The summed E-state index contributed by atoms with van der Waals surface area (Å²) in [6, 6.07) is 7.62. The lowest BCUT2D eigenvalue weighted by molar-refractivity contribution is 0.0657. The first-order valence-electron chi connectivity index (χ1n) is 8.62. The number of amides is 2. The minimum absolute atomic E-state index is 0.170. The van der Waals surface area contributed by atoms with Crippen LogP contribution in [-0.4, -0.2) is 21.9 Å². The number of rotatable bonds is 6. The molecule has 136 valence electrons. The smallest absolute Gasteiger partial charge is 0.323 e. The second-order valence-electron chi connectivity index (χ2n) is 6.72. The molecular weight excluding hydrogens is 316 g/mol. The Bertz CT molecular complexity index is 735. The number of nitrogens with one attached hydrogen (secondary N) is 2. The van der Waals surface area contributed by atoms with Crippen molar-refractivity contribution in [1.82, 2.24) is 9.78 Å². The van der Waals surface area contributed by atoms with E-state index in [9.17, 15) is 4.79 Å². The van der Waals surface area contributed by atoms with Crippen LogP contribution in [0, 0.1) is 13.8 Å². The number of hydrogen-bond acceptors (Lipinski definition) is 3. The van der Waals surface area contributed by atoms with Crippen molar-refractivity contribution in [2.24, 2.45) is 0 Å². The summed E-state index contributed by atoms with van der Waals surface area (Å²) in [6.07, 6.45) is 0.170. The Balaban J connectivity index is 2.05. The molecule has 6 heteroatoms. The fourth-order valence-electron chi connectivity index (χ4n) is 2.62. The highest BCUT2D eigenvalue weighted by atomic mass is 16.5. The number of hydrogen-bond donors (Lipinski definition) is 2. The lowest BCUT2D eigenvalue weighted by Gasteiger charge is -2.11. The van der Waals surface area contributed by atoms with Crippen LogP contribution in [-0.2, 0) is 11.3 Å². The monoisotopic (exact) mass is 344 g/mol. The third-order valence-corrected chi connectivity index (χ3v) is 3.82. The Hall–Kier alpha value is -2.34. The number of urea groups is 1. The summed E-state index contributed by atoms with van der Waals surface area (Å²) >= 11 is 0. The molecule has 0 saturated heterocycles. The van der Waals surface area contributed by atoms with E-state index >= 15 is 0 Å². The molecule has 6 nitrogen and oxygen atoms in total. The number of ether oxygens (including phenoxy) is 1. The topological polar surface area (TPSA) is 68.2 Å². The Kier molecular flexibility index (Phi) is 6.20. The highest BCUT2D eigenvalue weighted by Gasteiger charge is 2.15. The molecular formula is C19H28N4O2. The lowest BCUT2D eigenvalue weighted by atomic mass is 10.2. The van der Waals surface area contributed by atoms with E-state index < -0.39 is 0 Å². The molecule has 0 spiro atoms. The summed E-state index contributed by atoms with van der Waals surface area (Å²) in [5.74, 6) is 0. The molecule has 0 saturated carbocycles. The Morgan fingerprint density at radius 2 is 1.92 bits per heavy atom. The van der Waals surface area contributed by atoms with E-state index in [4.69, 9.17) is 4.74 Å². The van der Waals surface area contributed by atoms with Gasteiger partial charge >= 0.3 is 6.03 Å². The fraction of sp³-hybridized carbons (Fsp3) is 0.474. The molecule has 2 rings (SSSR count). The van der Waals surface area contributed by atoms with E-state index in [2.05, 4.69) is 29.6 Å². The first kappa shape index (κ1) is 19.0. The Morgan fingerprint density at radius 3 is 2.52 bits per heavy atom. The number of nitrogens with zero attached hydrogens (tertiary/aromatic N) is 2. The van der Waals surface area contributed by atoms with Crippen molar-refractivity contribution in [3.63, 3.8) is 0 Å². The van der Waals surface area contributed by atoms with E-state index in [1.54, 1.807) is 0 Å². The maximum absolute atomic E-state index is 12.4. The molecule has 2 amide bonds. The van der Waals surface area contributed by atoms with Crippen LogP contribution < -0.4 is 10.6 Å². The zero-order valence-electron chi connectivity index (χ0n) is 15.9. The summed E-state index contributed by atoms with van der Waals surface area (Å²) in [7, 11) is 0. The van der Waals surface area contributed by atoms with Crippen molar-refractivity contribution in [2.75, 3.05) is 10.6 Å². The summed E-state index contributed by atoms with van der Waals surface area (Å²) in [5, 5.41) is 10.3. The van der Waals surface area contributed by atoms with E-state index in [-0.39, 0.29) is 18.2 Å². The number of anilines is 2. The van der Waals surface area contributed by atoms with Gasteiger partial charge in [0, 0.05) is 11.7 Å². The summed E-state index contributed by atoms with van der Waals surface area (Å²) in [4.78, 5) is 12.4. The van der Waals surface area contributed by atoms with Gasteiger partial charge in [0.25, 0.3) is 0 Å². The van der Waals surface area contributed by atoms with Gasteiger partial charge in [-0.2, -0.15) is 5.10 Å². The molecule has 1 heterocycles. The first-order valence-corrected chi connectivity index (χ1v) is 8.62. The predicted octanol–water partition coefficient (Wildman–Crippen LogP) is 4.65. The third kappa shape index (κ3) is 5.06. The van der Waals surface area contributed by atoms with Gasteiger partial charge in [0.05, 0.1) is 29.8 Å². The van der Waals surface area contributed by atoms with Crippen LogP contribution in [0.5, 0.6) is 0 Å². The van der Waals surface area contributed by atoms with Gasteiger partial charge in [-0.1, -0.05) is 12.1 Å². The van der Waals surface area contributed by atoms with Gasteiger partial charge in [-0.25, -0.2) is 4.79 Å². The number of carbonyl (C=O) groups is 1. The highest BCUT2D eigenvalue weighted by Crippen LogP contribution is 2.22. The van der Waals surface area contributed by atoms with Gasteiger partial charge in [0.1, 0.15) is 0 Å². The zero-order chi connectivity index (χ0) is 18.6. The predicted molar refractivity (Wildman–Crippen MR) is 101 cm³/mol. The average molecular weight is 344 g/mol. The zero-order valence-corrected chi connectivity index (χ0v) is 15.9. The van der Waals surface area contributed by atoms with Gasteiger partial charge in [-0.15, -0.1) is 0 Å². The molecule has 2 aromatic rings. The largest absolute Gasteiger partial charge is 0.374 e. The maximum atomic E-state index is 12.4. The van der Waals surface area contributed by atoms with E-state index in [0.717, 1.165) is 28.3 Å². The fourth-order valence-corrected chi connectivity index (χ4v) is 2.62. The number of aromatic nitrogens is 2. The van der Waals surface area contributed by atoms with Crippen molar-refractivity contribution in [3.05, 3.63) is 41.2 Å². The minimum Gasteiger partial charge on any atom is -0.374 e. The molecule has 0 aliphatic rings. The quantitative estimate of drug-likeness (QED) is 0.801. The standard InChI is InChI=1S/C19H28N4O2/c1-12(2)23-15(6)18(14(5)22-23)21-19(24)20-17-9-7-8-16(10-17)11-25-13(3)4/h7-10,12-13H,11H2,1-6H3,(H2,20,21,24). The van der Waals surface area contributed by atoms with Gasteiger partial charge in [-0.05, 0) is 59.2 Å². The van der Waals surface area contributed by atoms with Crippen LogP contribution in [0.4, 0.5) is 16.2 Å². The molecule has 1 aromatic heterocycles. The molecule has 0 radical (unpaired) electrons. The van der Waals surface area contributed by atoms with Crippen LogP contribution in [0.1, 0.15) is 50.7 Å². The number of benzene rings is 1. The molecule has 0 aliphatic heterocycles. The average Bonchev–Trinajstić information content (AvgIpc) is 2.81. The Morgan fingerprint density at radius 1 is 1.20 bits per heavy atom. The third-order valence-electron chi connectivity index (χ3n) is 3.82. The van der Waals surface area contributed by atoms with Crippen molar-refractivity contribution in [2.45, 2.75) is 60.3 Å². The van der Waals surface area contributed by atoms with Gasteiger partial charge < -0.3 is 15.4 Å². The summed E-state index contributed by atoms with van der Waals surface area (Å²) in [5.41, 5.74) is 4.26. The second kappa shape index (κ2) is 8.16. The highest BCUT2D eigenvalue weighted by molar-refractivity contribution is 6.00. The van der Waals surface area contributed by atoms with Crippen LogP contribution in [0.2, 0.25) is 0 Å². The van der Waals surface area contributed by atoms with Crippen molar-refractivity contribution >= 4 is 17.4 Å². The molecule has 0 unspecified atom stereocenters. The molecule has 0 fully saturated rings. The van der Waals surface area contributed by atoms with Crippen LogP contribution in [0.25, 0.3) is 0 Å².